The number of hydrogen-bond donors (Lipinski definition) is 2. The Kier molecular flexibility index (Phi) is 13.6. The summed E-state index contributed by atoms with van der Waals surface area (Å²) in [6.45, 7) is 22.0. The molecule has 2 aromatic heterocycles. The van der Waals surface area contributed by atoms with E-state index in [1.54, 1.807) is 19.9 Å². The number of aryl methyl sites for hydroxylation is 3. The van der Waals surface area contributed by atoms with Gasteiger partial charge >= 0.3 is 246 Å². The number of aromatic nitrogens is 2. The van der Waals surface area contributed by atoms with E-state index in [0.717, 1.165) is 37.2 Å². The van der Waals surface area contributed by atoms with Crippen LogP contribution in [0.1, 0.15) is 42.3 Å². The molecule has 0 bridgehead atoms. The number of benzene rings is 2. The molecular weight excluding hydrogens is 678 g/mol. The summed E-state index contributed by atoms with van der Waals surface area (Å²) in [6, 6.07) is 11.2. The zero-order valence-corrected chi connectivity index (χ0v) is 28.8. The zero-order chi connectivity index (χ0) is 32.3. The molecule has 0 amide bonds. The van der Waals surface area contributed by atoms with E-state index in [0.29, 0.717) is 32.6 Å². The van der Waals surface area contributed by atoms with Gasteiger partial charge < -0.3 is 5.32 Å². The maximum atomic E-state index is 11.8. The van der Waals surface area contributed by atoms with Crippen LogP contribution in [0.3, 0.4) is 0 Å². The van der Waals surface area contributed by atoms with Crippen molar-refractivity contribution in [3.05, 3.63) is 85.1 Å². The van der Waals surface area contributed by atoms with Crippen LogP contribution in [0, 0.1) is 33.9 Å². The van der Waals surface area contributed by atoms with Crippen molar-refractivity contribution >= 4 is 58.0 Å². The first kappa shape index (κ1) is 35.2. The predicted molar refractivity (Wildman–Crippen MR) is 172 cm³/mol. The monoisotopic (exact) mass is 714 g/mol. The van der Waals surface area contributed by atoms with Crippen LogP contribution in [-0.2, 0) is 4.74 Å². The van der Waals surface area contributed by atoms with Gasteiger partial charge in [0.25, 0.3) is 0 Å². The van der Waals surface area contributed by atoms with Gasteiger partial charge in [-0.05, 0) is 14.1 Å². The van der Waals surface area contributed by atoms with Crippen LogP contribution >= 0.6 is 0 Å². The second-order valence-electron chi connectivity index (χ2n) is 9.22. The van der Waals surface area contributed by atoms with E-state index in [1.165, 1.54) is 0 Å². The third-order valence-corrected chi connectivity index (χ3v) is 10.6. The summed E-state index contributed by atoms with van der Waals surface area (Å²) in [7, 11) is 7.52. The Bertz CT molecular complexity index is 1680. The van der Waals surface area contributed by atoms with Crippen LogP contribution in [0.4, 0.5) is 17.1 Å². The molecule has 0 radical (unpaired) electrons. The van der Waals surface area contributed by atoms with Gasteiger partial charge in [0.05, 0.1) is 0 Å². The summed E-state index contributed by atoms with van der Waals surface area (Å²) in [5.74, 6) is -1.18. The van der Waals surface area contributed by atoms with E-state index in [2.05, 4.69) is 25.0 Å². The molecule has 0 aliphatic carbocycles. The Morgan fingerprint density at radius 2 is 1.40 bits per heavy atom. The number of carbonyl (C=O) groups excluding carboxylic acids is 1. The van der Waals surface area contributed by atoms with Gasteiger partial charge in [0.15, 0.2) is 0 Å². The molecule has 2 N–H and O–H groups in total. The van der Waals surface area contributed by atoms with Crippen molar-refractivity contribution in [3.8, 4) is 20.3 Å². The number of aromatic carboxylic acids is 1. The van der Waals surface area contributed by atoms with Crippen LogP contribution in [0.15, 0.2) is 36.4 Å². The predicted octanol–water partition coefficient (Wildman–Crippen LogP) is 5.41. The summed E-state index contributed by atoms with van der Waals surface area (Å²) in [4.78, 5) is 40.6. The maximum absolute atomic E-state index is 11.8. The van der Waals surface area contributed by atoms with Gasteiger partial charge in [0.1, 0.15) is 0 Å². The van der Waals surface area contributed by atoms with Gasteiger partial charge in [0.2, 0.25) is 0 Å². The Labute approximate surface area is 264 Å². The van der Waals surface area contributed by atoms with E-state index in [4.69, 9.17) is 23.0 Å². The minimum absolute atomic E-state index is 0.162. The van der Waals surface area contributed by atoms with Crippen LogP contribution in [0.25, 0.3) is 30.0 Å². The summed E-state index contributed by atoms with van der Waals surface area (Å²) in [5, 5.41) is 11.8. The SMILES string of the molecule is CNC.[C-]#[N+]c1cc(-c2nc(C)c(C(=O)O)[se]2)ccc1N(C)C.[C-]#[N+]c1cc(-c2nc(C)c(C(=O)OCC)[se]2)ccc1C. The van der Waals surface area contributed by atoms with Crippen molar-refractivity contribution in [1.29, 1.82) is 0 Å². The molecular formula is C31H34N6O4Se2. The molecule has 0 spiro atoms. The molecule has 0 aliphatic rings. The number of hydrogen-bond acceptors (Lipinski definition) is 7. The van der Waals surface area contributed by atoms with E-state index >= 15 is 0 Å². The average Bonchev–Trinajstić information content (AvgIpc) is 3.56. The number of carbonyl (C=O) groups is 2. The Morgan fingerprint density at radius 3 is 1.86 bits per heavy atom. The molecule has 0 saturated carbocycles. The standard InChI is InChI=1S/C15H14N2O2Se.C14H13N3O2Se.C2H7N/c1-5-19-15(18)13-10(3)17-14(20-13)11-7-6-9(2)12(8-11)16-4;1-8-12(14(18)19)20-13(16-8)9-5-6-11(17(3)4)10(7-9)15-2;1-3-2/h6-8H,5H2,1-3H3;5-7H,1,3-4H3,(H,18,19);3H,1-2H3. The van der Waals surface area contributed by atoms with Gasteiger partial charge in [-0.25, -0.2) is 0 Å². The molecule has 0 atom stereocenters. The molecule has 0 fully saturated rings. The third kappa shape index (κ3) is 9.23. The molecule has 12 heteroatoms. The van der Waals surface area contributed by atoms with E-state index in [1.807, 2.05) is 77.3 Å². The van der Waals surface area contributed by atoms with Crippen molar-refractivity contribution in [2.24, 2.45) is 0 Å². The third-order valence-electron chi connectivity index (χ3n) is 5.65. The van der Waals surface area contributed by atoms with Crippen molar-refractivity contribution in [1.82, 2.24) is 15.3 Å². The normalized spacial score (nSPS) is 9.81. The summed E-state index contributed by atoms with van der Waals surface area (Å²) < 4.78 is 7.73. The first-order valence-electron chi connectivity index (χ1n) is 13.0. The molecule has 4 aromatic rings. The quantitative estimate of drug-likeness (QED) is 0.155. The van der Waals surface area contributed by atoms with Gasteiger partial charge in [-0.1, -0.05) is 0 Å². The minimum atomic E-state index is -0.906. The molecule has 0 aliphatic heterocycles. The van der Waals surface area contributed by atoms with Crippen molar-refractivity contribution in [2.45, 2.75) is 27.7 Å². The topological polar surface area (TPSA) is 113 Å². The number of carboxylic acids is 1. The molecule has 10 nitrogen and oxygen atoms in total. The van der Waals surface area contributed by atoms with Crippen molar-refractivity contribution in [2.75, 3.05) is 39.7 Å². The van der Waals surface area contributed by atoms with Crippen molar-refractivity contribution in [3.63, 3.8) is 0 Å². The van der Waals surface area contributed by atoms with Crippen LogP contribution < -0.4 is 10.2 Å². The molecule has 0 unspecified atom stereocenters. The fourth-order valence-electron chi connectivity index (χ4n) is 3.61. The van der Waals surface area contributed by atoms with E-state index in [-0.39, 0.29) is 35.0 Å². The van der Waals surface area contributed by atoms with E-state index < -0.39 is 5.97 Å². The summed E-state index contributed by atoms with van der Waals surface area (Å²) in [5.41, 5.74) is 6.01. The second-order valence-corrected chi connectivity index (χ2v) is 13.4. The molecule has 0 saturated heterocycles. The number of rotatable bonds is 6. The summed E-state index contributed by atoms with van der Waals surface area (Å²) >= 11 is -0.472. The Balaban J connectivity index is 0.000000275. The molecule has 4 rings (SSSR count). The molecule has 224 valence electrons. The van der Waals surface area contributed by atoms with Crippen LogP contribution in [0.5, 0.6) is 0 Å². The Hall–Kier alpha value is -4.02. The van der Waals surface area contributed by atoms with Gasteiger partial charge in [-0.2, -0.15) is 0 Å². The Morgan fingerprint density at radius 1 is 0.907 bits per heavy atom. The molecule has 43 heavy (non-hydrogen) atoms. The number of carboxylic acid groups (broad SMARTS) is 1. The first-order chi connectivity index (χ1) is 20.4. The molecule has 2 aromatic carbocycles. The van der Waals surface area contributed by atoms with Gasteiger partial charge in [-0.3, -0.25) is 0 Å². The first-order valence-corrected chi connectivity index (χ1v) is 16.5. The number of ether oxygens (including phenoxy) is 1. The van der Waals surface area contributed by atoms with Gasteiger partial charge in [-0.15, -0.1) is 0 Å². The molecule has 2 heterocycles. The number of anilines is 1. The average molecular weight is 713 g/mol. The van der Waals surface area contributed by atoms with E-state index in [9.17, 15) is 9.59 Å². The van der Waals surface area contributed by atoms with Crippen molar-refractivity contribution < 1.29 is 19.4 Å². The second kappa shape index (κ2) is 16.6. The fourth-order valence-corrected chi connectivity index (χ4v) is 7.51. The number of esters is 1. The van der Waals surface area contributed by atoms with Crippen LogP contribution in [-0.4, -0.2) is 90.8 Å². The van der Waals surface area contributed by atoms with Gasteiger partial charge in [0, 0.05) is 0 Å². The fraction of sp³-hybridized carbons (Fsp3) is 0.290. The van der Waals surface area contributed by atoms with Crippen LogP contribution in [0.2, 0.25) is 0 Å². The number of nitrogens with one attached hydrogen (secondary N) is 1. The number of nitrogens with zero attached hydrogens (tertiary/aromatic N) is 5. The zero-order valence-electron chi connectivity index (χ0n) is 25.4. The summed E-state index contributed by atoms with van der Waals surface area (Å²) in [6.07, 6.45) is 0.